The van der Waals surface area contributed by atoms with Crippen molar-refractivity contribution in [2.45, 2.75) is 6.92 Å². The van der Waals surface area contributed by atoms with Crippen LogP contribution in [0.2, 0.25) is 0 Å². The molecule has 0 spiro atoms. The van der Waals surface area contributed by atoms with Gasteiger partial charge in [-0.2, -0.15) is 0 Å². The summed E-state index contributed by atoms with van der Waals surface area (Å²) >= 11 is 0. The Balaban J connectivity index is 1.64. The third-order valence-electron chi connectivity index (χ3n) is 3.90. The zero-order valence-electron chi connectivity index (χ0n) is 14.1. The molecule has 2 aromatic carbocycles. The largest absolute Gasteiger partial charge is 0.494 e. The van der Waals surface area contributed by atoms with Crippen molar-refractivity contribution in [1.29, 1.82) is 0 Å². The van der Waals surface area contributed by atoms with Crippen LogP contribution < -0.4 is 9.46 Å². The van der Waals surface area contributed by atoms with E-state index in [4.69, 9.17) is 4.74 Å². The van der Waals surface area contributed by atoms with E-state index in [-0.39, 0.29) is 12.3 Å². The molecule has 0 atom stereocenters. The SMILES string of the molecule is CCOc1ccc(NS(=O)(=O)CCN2C(=O)c3ccccc3C2=O)cc1. The third-order valence-corrected chi connectivity index (χ3v) is 5.17. The van der Waals surface area contributed by atoms with E-state index in [9.17, 15) is 18.0 Å². The summed E-state index contributed by atoms with van der Waals surface area (Å²) in [5.74, 6) is -0.684. The summed E-state index contributed by atoms with van der Waals surface area (Å²) < 4.78 is 32.3. The van der Waals surface area contributed by atoms with Crippen molar-refractivity contribution >= 4 is 27.5 Å². The predicted molar refractivity (Wildman–Crippen MR) is 96.8 cm³/mol. The van der Waals surface area contributed by atoms with Crippen LogP contribution in [-0.4, -0.2) is 44.0 Å². The van der Waals surface area contributed by atoms with Gasteiger partial charge in [0.1, 0.15) is 5.75 Å². The van der Waals surface area contributed by atoms with E-state index in [0.29, 0.717) is 29.2 Å². The number of fused-ring (bicyclic) bond motifs is 1. The Kier molecular flexibility index (Phi) is 4.94. The lowest BCUT2D eigenvalue weighted by molar-refractivity contribution is 0.0664. The Bertz CT molecular complexity index is 903. The van der Waals surface area contributed by atoms with Crippen LogP contribution in [0.15, 0.2) is 48.5 Å². The molecule has 2 aromatic rings. The van der Waals surface area contributed by atoms with E-state index in [1.54, 1.807) is 48.5 Å². The fourth-order valence-electron chi connectivity index (χ4n) is 2.67. The third kappa shape index (κ3) is 3.70. The number of nitrogens with zero attached hydrogens (tertiary/aromatic N) is 1. The molecule has 0 aromatic heterocycles. The number of amides is 2. The van der Waals surface area contributed by atoms with Crippen molar-refractivity contribution in [1.82, 2.24) is 4.90 Å². The lowest BCUT2D eigenvalue weighted by Gasteiger charge is -2.14. The summed E-state index contributed by atoms with van der Waals surface area (Å²) in [5, 5.41) is 0. The number of benzene rings is 2. The molecule has 3 rings (SSSR count). The Morgan fingerprint density at radius 2 is 1.54 bits per heavy atom. The lowest BCUT2D eigenvalue weighted by atomic mass is 10.1. The predicted octanol–water partition coefficient (Wildman–Crippen LogP) is 2.12. The number of nitrogens with one attached hydrogen (secondary N) is 1. The number of ether oxygens (including phenoxy) is 1. The first kappa shape index (κ1) is 17.9. The number of carbonyl (C=O) groups is 2. The van der Waals surface area contributed by atoms with Crippen molar-refractivity contribution in [3.8, 4) is 5.75 Å². The zero-order valence-corrected chi connectivity index (χ0v) is 15.0. The molecule has 0 saturated carbocycles. The summed E-state index contributed by atoms with van der Waals surface area (Å²) in [6, 6.07) is 12.9. The molecule has 7 nitrogen and oxygen atoms in total. The molecule has 1 aliphatic rings. The van der Waals surface area contributed by atoms with Crippen LogP contribution in [0.25, 0.3) is 0 Å². The molecule has 8 heteroatoms. The van der Waals surface area contributed by atoms with Crippen molar-refractivity contribution in [2.24, 2.45) is 0 Å². The second kappa shape index (κ2) is 7.17. The minimum absolute atomic E-state index is 0.210. The Hall–Kier alpha value is -2.87. The molecule has 136 valence electrons. The number of sulfonamides is 1. The first-order chi connectivity index (χ1) is 12.4. The maximum absolute atomic E-state index is 12.3. The topological polar surface area (TPSA) is 92.8 Å². The molecular formula is C18H18N2O5S. The van der Waals surface area contributed by atoms with Crippen LogP contribution in [-0.2, 0) is 10.0 Å². The molecule has 1 heterocycles. The maximum atomic E-state index is 12.3. The molecule has 1 N–H and O–H groups in total. The molecule has 0 radical (unpaired) electrons. The maximum Gasteiger partial charge on any atom is 0.261 e. The van der Waals surface area contributed by atoms with Gasteiger partial charge in [-0.15, -0.1) is 0 Å². The Morgan fingerprint density at radius 1 is 0.962 bits per heavy atom. The van der Waals surface area contributed by atoms with Gasteiger partial charge in [0.2, 0.25) is 10.0 Å². The van der Waals surface area contributed by atoms with E-state index in [1.165, 1.54) is 0 Å². The van der Waals surface area contributed by atoms with E-state index < -0.39 is 21.8 Å². The van der Waals surface area contributed by atoms with Crippen LogP contribution >= 0.6 is 0 Å². The monoisotopic (exact) mass is 374 g/mol. The Morgan fingerprint density at radius 3 is 2.08 bits per heavy atom. The van der Waals surface area contributed by atoms with Crippen LogP contribution in [0.4, 0.5) is 5.69 Å². The Labute approximate surface area is 151 Å². The minimum Gasteiger partial charge on any atom is -0.494 e. The minimum atomic E-state index is -3.72. The second-order valence-corrected chi connectivity index (χ2v) is 7.53. The molecule has 0 unspecified atom stereocenters. The smallest absolute Gasteiger partial charge is 0.261 e. The van der Waals surface area contributed by atoms with Gasteiger partial charge in [-0.25, -0.2) is 8.42 Å². The molecule has 0 fully saturated rings. The molecule has 0 aliphatic carbocycles. The van der Waals surface area contributed by atoms with Gasteiger partial charge < -0.3 is 4.74 Å². The second-order valence-electron chi connectivity index (χ2n) is 5.69. The number of rotatable bonds is 7. The number of imide groups is 1. The van der Waals surface area contributed by atoms with Gasteiger partial charge in [-0.05, 0) is 43.3 Å². The van der Waals surface area contributed by atoms with Gasteiger partial charge in [-0.3, -0.25) is 19.2 Å². The average molecular weight is 374 g/mol. The zero-order chi connectivity index (χ0) is 18.7. The number of anilines is 1. The molecule has 2 amide bonds. The average Bonchev–Trinajstić information content (AvgIpc) is 2.86. The first-order valence-corrected chi connectivity index (χ1v) is 9.75. The van der Waals surface area contributed by atoms with Crippen molar-refractivity contribution < 1.29 is 22.7 Å². The molecule has 1 aliphatic heterocycles. The van der Waals surface area contributed by atoms with Crippen LogP contribution in [0.3, 0.4) is 0 Å². The van der Waals surface area contributed by atoms with E-state index in [0.717, 1.165) is 4.90 Å². The van der Waals surface area contributed by atoms with Gasteiger partial charge in [0, 0.05) is 12.2 Å². The molecular weight excluding hydrogens is 356 g/mol. The number of hydrogen-bond acceptors (Lipinski definition) is 5. The molecule has 0 bridgehead atoms. The fraction of sp³-hybridized carbons (Fsp3) is 0.222. The van der Waals surface area contributed by atoms with Gasteiger partial charge in [0.05, 0.1) is 23.5 Å². The van der Waals surface area contributed by atoms with Crippen molar-refractivity contribution in [3.05, 3.63) is 59.7 Å². The summed E-state index contributed by atoms with van der Waals surface area (Å²) in [4.78, 5) is 25.5. The summed E-state index contributed by atoms with van der Waals surface area (Å²) in [6.45, 7) is 2.17. The van der Waals surface area contributed by atoms with Crippen LogP contribution in [0.1, 0.15) is 27.6 Å². The van der Waals surface area contributed by atoms with Crippen molar-refractivity contribution in [3.63, 3.8) is 0 Å². The highest BCUT2D eigenvalue weighted by molar-refractivity contribution is 7.92. The van der Waals surface area contributed by atoms with E-state index in [1.807, 2.05) is 6.92 Å². The molecule has 26 heavy (non-hydrogen) atoms. The standard InChI is InChI=1S/C18H18N2O5S/c1-2-25-14-9-7-13(8-10-14)19-26(23,24)12-11-20-17(21)15-5-3-4-6-16(15)18(20)22/h3-10,19H,2,11-12H2,1H3. The van der Waals surface area contributed by atoms with Crippen molar-refractivity contribution in [2.75, 3.05) is 23.6 Å². The van der Waals surface area contributed by atoms with Gasteiger partial charge in [-0.1, -0.05) is 12.1 Å². The van der Waals surface area contributed by atoms with Gasteiger partial charge in [0.25, 0.3) is 11.8 Å². The summed E-state index contributed by atoms with van der Waals surface area (Å²) in [5.41, 5.74) is 0.986. The highest BCUT2D eigenvalue weighted by Crippen LogP contribution is 2.22. The quantitative estimate of drug-likeness (QED) is 0.750. The van der Waals surface area contributed by atoms with Crippen LogP contribution in [0, 0.1) is 0 Å². The highest BCUT2D eigenvalue weighted by atomic mass is 32.2. The fourth-order valence-corrected chi connectivity index (χ4v) is 3.69. The van der Waals surface area contributed by atoms with Crippen LogP contribution in [0.5, 0.6) is 5.75 Å². The van der Waals surface area contributed by atoms with Gasteiger partial charge in [0.15, 0.2) is 0 Å². The van der Waals surface area contributed by atoms with E-state index in [2.05, 4.69) is 4.72 Å². The number of hydrogen-bond donors (Lipinski definition) is 1. The van der Waals surface area contributed by atoms with Gasteiger partial charge >= 0.3 is 0 Å². The summed E-state index contributed by atoms with van der Waals surface area (Å²) in [7, 11) is -3.72. The lowest BCUT2D eigenvalue weighted by Crippen LogP contribution is -2.35. The molecule has 0 saturated heterocycles. The first-order valence-electron chi connectivity index (χ1n) is 8.10. The normalized spacial score (nSPS) is 13.7. The number of carbonyl (C=O) groups excluding carboxylic acids is 2. The van der Waals surface area contributed by atoms with E-state index >= 15 is 0 Å². The highest BCUT2D eigenvalue weighted by Gasteiger charge is 2.35. The summed E-state index contributed by atoms with van der Waals surface area (Å²) in [6.07, 6.45) is 0.